The molecule has 4 heterocycles. The standard InChI is InChI=1S/C32H37N7O5/c1-19-11-9-10-12-23(19)39-28-22(15-16-37-24(28)17-25(35-37)34-20(2)40)27(36-39)21-13-14-26(33-18-21)38(29(41)43-31(3,4)5)30(42)44-32(6,7)8/h9-14,17-18H,15-16H2,1-8H3,(H,34,35,40). The minimum Gasteiger partial charge on any atom is -0.443 e. The molecule has 1 aliphatic heterocycles. The van der Waals surface area contributed by atoms with E-state index in [1.807, 2.05) is 46.6 Å². The Bertz CT molecular complexity index is 1710. The SMILES string of the molecule is CC(=O)Nc1cc2n(n1)CCc1c(-c3ccc(N(C(=O)OC(C)(C)C)C(=O)OC(C)(C)C)nc3)nn(-c3ccccc3C)c1-2. The molecule has 12 nitrogen and oxygen atoms in total. The molecule has 12 heteroatoms. The number of aromatic nitrogens is 5. The average molecular weight is 600 g/mol. The molecule has 3 aromatic heterocycles. The van der Waals surface area contributed by atoms with E-state index in [0.29, 0.717) is 30.0 Å². The number of hydrogen-bond donors (Lipinski definition) is 1. The smallest absolute Gasteiger partial charge is 0.425 e. The Balaban J connectivity index is 1.60. The summed E-state index contributed by atoms with van der Waals surface area (Å²) in [5, 5.41) is 12.4. The summed E-state index contributed by atoms with van der Waals surface area (Å²) in [6.45, 7) is 14.3. The van der Waals surface area contributed by atoms with Gasteiger partial charge < -0.3 is 14.8 Å². The molecule has 0 atom stereocenters. The Labute approximate surface area is 256 Å². The molecule has 5 rings (SSSR count). The number of ether oxygens (including phenoxy) is 2. The number of pyridine rings is 1. The van der Waals surface area contributed by atoms with Crippen LogP contribution in [0.25, 0.3) is 28.3 Å². The second-order valence-electron chi connectivity index (χ2n) is 12.6. The van der Waals surface area contributed by atoms with Crippen LogP contribution in [0.2, 0.25) is 0 Å². The molecule has 0 saturated carbocycles. The number of amides is 3. The van der Waals surface area contributed by atoms with Crippen LogP contribution < -0.4 is 10.2 Å². The molecular weight excluding hydrogens is 562 g/mol. The fourth-order valence-corrected chi connectivity index (χ4v) is 4.93. The number of benzene rings is 1. The fourth-order valence-electron chi connectivity index (χ4n) is 4.93. The zero-order valence-corrected chi connectivity index (χ0v) is 26.3. The van der Waals surface area contributed by atoms with Crippen molar-refractivity contribution in [1.29, 1.82) is 0 Å². The lowest BCUT2D eigenvalue weighted by atomic mass is 10.00. The zero-order chi connectivity index (χ0) is 32.0. The number of anilines is 2. The Morgan fingerprint density at radius 3 is 2.16 bits per heavy atom. The Kier molecular flexibility index (Phi) is 7.79. The number of fused-ring (bicyclic) bond motifs is 3. The van der Waals surface area contributed by atoms with E-state index in [4.69, 9.17) is 14.6 Å². The van der Waals surface area contributed by atoms with E-state index in [0.717, 1.165) is 33.1 Å². The van der Waals surface area contributed by atoms with Crippen molar-refractivity contribution in [1.82, 2.24) is 24.5 Å². The van der Waals surface area contributed by atoms with Gasteiger partial charge in [0.1, 0.15) is 17.0 Å². The summed E-state index contributed by atoms with van der Waals surface area (Å²) in [4.78, 5) is 43.3. The number of nitrogens with one attached hydrogen (secondary N) is 1. The predicted molar refractivity (Wildman–Crippen MR) is 166 cm³/mol. The first-order valence-electron chi connectivity index (χ1n) is 14.4. The topological polar surface area (TPSA) is 133 Å². The Hall–Kier alpha value is -5.00. The highest BCUT2D eigenvalue weighted by atomic mass is 16.6. The summed E-state index contributed by atoms with van der Waals surface area (Å²) < 4.78 is 14.8. The van der Waals surface area contributed by atoms with Gasteiger partial charge in [-0.2, -0.15) is 15.1 Å². The molecular formula is C32H37N7O5. The van der Waals surface area contributed by atoms with E-state index < -0.39 is 23.4 Å². The van der Waals surface area contributed by atoms with Crippen LogP contribution in [0.5, 0.6) is 0 Å². The first-order valence-corrected chi connectivity index (χ1v) is 14.4. The molecule has 0 bridgehead atoms. The maximum atomic E-state index is 13.1. The number of para-hydroxylation sites is 1. The van der Waals surface area contributed by atoms with Crippen molar-refractivity contribution in [2.24, 2.45) is 0 Å². The summed E-state index contributed by atoms with van der Waals surface area (Å²) in [6, 6.07) is 13.1. The quantitative estimate of drug-likeness (QED) is 0.289. The second-order valence-corrected chi connectivity index (χ2v) is 12.6. The van der Waals surface area contributed by atoms with E-state index >= 15 is 0 Å². The van der Waals surface area contributed by atoms with Gasteiger partial charge >= 0.3 is 12.2 Å². The molecule has 3 amide bonds. The molecule has 230 valence electrons. The third-order valence-corrected chi connectivity index (χ3v) is 6.63. The van der Waals surface area contributed by atoms with Gasteiger partial charge in [-0.15, -0.1) is 0 Å². The third kappa shape index (κ3) is 6.34. The van der Waals surface area contributed by atoms with Crippen LogP contribution in [-0.4, -0.2) is 53.8 Å². The van der Waals surface area contributed by atoms with Crippen LogP contribution in [0.1, 0.15) is 59.6 Å². The van der Waals surface area contributed by atoms with E-state index in [2.05, 4.69) is 15.4 Å². The van der Waals surface area contributed by atoms with Gasteiger partial charge in [0.25, 0.3) is 0 Å². The molecule has 0 radical (unpaired) electrons. The lowest BCUT2D eigenvalue weighted by Crippen LogP contribution is -2.44. The normalized spacial score (nSPS) is 12.6. The van der Waals surface area contributed by atoms with Gasteiger partial charge in [0.05, 0.1) is 22.8 Å². The monoisotopic (exact) mass is 599 g/mol. The predicted octanol–water partition coefficient (Wildman–Crippen LogP) is 6.30. The molecule has 0 fully saturated rings. The maximum absolute atomic E-state index is 13.1. The van der Waals surface area contributed by atoms with Crippen LogP contribution in [-0.2, 0) is 27.2 Å². The van der Waals surface area contributed by atoms with Crippen molar-refractivity contribution in [3.63, 3.8) is 0 Å². The second kappa shape index (κ2) is 11.3. The van der Waals surface area contributed by atoms with Crippen LogP contribution in [0.4, 0.5) is 21.2 Å². The highest BCUT2D eigenvalue weighted by molar-refractivity contribution is 6.08. The van der Waals surface area contributed by atoms with Gasteiger partial charge in [-0.25, -0.2) is 19.3 Å². The number of imide groups is 1. The maximum Gasteiger partial charge on any atom is 0.425 e. The molecule has 4 aromatic rings. The third-order valence-electron chi connectivity index (χ3n) is 6.63. The summed E-state index contributed by atoms with van der Waals surface area (Å²) in [6.07, 6.45) is 0.429. The number of aryl methyl sites for hydroxylation is 2. The summed E-state index contributed by atoms with van der Waals surface area (Å²) in [7, 11) is 0. The van der Waals surface area contributed by atoms with Crippen molar-refractivity contribution in [2.45, 2.75) is 79.6 Å². The summed E-state index contributed by atoms with van der Waals surface area (Å²) in [5.41, 5.74) is 4.31. The zero-order valence-electron chi connectivity index (χ0n) is 26.3. The molecule has 0 unspecified atom stereocenters. The van der Waals surface area contributed by atoms with E-state index in [9.17, 15) is 14.4 Å². The van der Waals surface area contributed by atoms with E-state index in [1.54, 1.807) is 59.9 Å². The Morgan fingerprint density at radius 2 is 1.59 bits per heavy atom. The lowest BCUT2D eigenvalue weighted by molar-refractivity contribution is -0.114. The average Bonchev–Trinajstić information content (AvgIpc) is 3.48. The van der Waals surface area contributed by atoms with Gasteiger partial charge in [0.2, 0.25) is 5.91 Å². The van der Waals surface area contributed by atoms with E-state index in [-0.39, 0.29) is 11.7 Å². The lowest BCUT2D eigenvalue weighted by Gasteiger charge is -2.28. The number of rotatable bonds is 4. The van der Waals surface area contributed by atoms with Gasteiger partial charge in [-0.1, -0.05) is 18.2 Å². The Morgan fingerprint density at radius 1 is 0.932 bits per heavy atom. The molecule has 1 N–H and O–H groups in total. The minimum absolute atomic E-state index is 0.0579. The van der Waals surface area contributed by atoms with Crippen molar-refractivity contribution in [3.05, 3.63) is 59.8 Å². The molecule has 0 saturated heterocycles. The van der Waals surface area contributed by atoms with Crippen LogP contribution in [0, 0.1) is 6.92 Å². The number of nitrogens with zero attached hydrogens (tertiary/aromatic N) is 6. The summed E-state index contributed by atoms with van der Waals surface area (Å²) in [5.74, 6) is 0.323. The van der Waals surface area contributed by atoms with Crippen molar-refractivity contribution < 1.29 is 23.9 Å². The largest absolute Gasteiger partial charge is 0.443 e. The van der Waals surface area contributed by atoms with Gasteiger partial charge in [-0.3, -0.25) is 9.48 Å². The first kappa shape index (κ1) is 30.5. The van der Waals surface area contributed by atoms with Crippen LogP contribution >= 0.6 is 0 Å². The van der Waals surface area contributed by atoms with Gasteiger partial charge in [0, 0.05) is 36.9 Å². The fraction of sp³-hybridized carbons (Fsp3) is 0.375. The molecule has 1 aromatic carbocycles. The van der Waals surface area contributed by atoms with E-state index in [1.165, 1.54) is 6.92 Å². The van der Waals surface area contributed by atoms with Crippen molar-refractivity contribution >= 4 is 29.7 Å². The van der Waals surface area contributed by atoms with Crippen LogP contribution in [0.15, 0.2) is 48.7 Å². The number of carbonyl (C=O) groups excluding carboxylic acids is 3. The molecule has 44 heavy (non-hydrogen) atoms. The van der Waals surface area contributed by atoms with Crippen LogP contribution in [0.3, 0.4) is 0 Å². The highest BCUT2D eigenvalue weighted by Crippen LogP contribution is 2.39. The van der Waals surface area contributed by atoms with Crippen molar-refractivity contribution in [2.75, 3.05) is 10.2 Å². The molecule has 0 spiro atoms. The van der Waals surface area contributed by atoms with Gasteiger partial charge in [0.15, 0.2) is 5.82 Å². The minimum atomic E-state index is -0.892. The van der Waals surface area contributed by atoms with Crippen molar-refractivity contribution in [3.8, 4) is 28.3 Å². The summed E-state index contributed by atoms with van der Waals surface area (Å²) >= 11 is 0. The highest BCUT2D eigenvalue weighted by Gasteiger charge is 2.34. The molecule has 1 aliphatic rings. The number of hydrogen-bond acceptors (Lipinski definition) is 8. The number of carbonyl (C=O) groups is 3. The van der Waals surface area contributed by atoms with Gasteiger partial charge in [-0.05, 0) is 78.6 Å². The first-order chi connectivity index (χ1) is 20.6. The molecule has 0 aliphatic carbocycles.